The van der Waals surface area contributed by atoms with Crippen molar-refractivity contribution in [2.24, 2.45) is 5.73 Å². The van der Waals surface area contributed by atoms with E-state index in [1.165, 1.54) is 11.1 Å². The Morgan fingerprint density at radius 3 is 2.71 bits per heavy atom. The third-order valence-corrected chi connectivity index (χ3v) is 2.28. The minimum absolute atomic E-state index is 0.107. The summed E-state index contributed by atoms with van der Waals surface area (Å²) in [6.45, 7) is 5.48. The van der Waals surface area contributed by atoms with Gasteiger partial charge in [0, 0.05) is 12.6 Å². The lowest BCUT2D eigenvalue weighted by molar-refractivity contribution is 0.133. The molecular weight excluding hydrogens is 174 g/mol. The van der Waals surface area contributed by atoms with E-state index < -0.39 is 0 Å². The predicted octanol–water partition coefficient (Wildman–Crippen LogP) is 1.90. The zero-order valence-corrected chi connectivity index (χ0v) is 8.99. The molecule has 1 atom stereocenters. The SMILES string of the molecule is CCOCC(N)Cc1ccccc1C. The number of rotatable bonds is 5. The lowest BCUT2D eigenvalue weighted by Crippen LogP contribution is -2.28. The largest absolute Gasteiger partial charge is 0.380 e. The summed E-state index contributed by atoms with van der Waals surface area (Å²) in [4.78, 5) is 0. The summed E-state index contributed by atoms with van der Waals surface area (Å²) in [5, 5.41) is 0. The van der Waals surface area contributed by atoms with Gasteiger partial charge < -0.3 is 10.5 Å². The minimum atomic E-state index is 0.107. The Hall–Kier alpha value is -0.860. The van der Waals surface area contributed by atoms with E-state index >= 15 is 0 Å². The van der Waals surface area contributed by atoms with Gasteiger partial charge >= 0.3 is 0 Å². The van der Waals surface area contributed by atoms with E-state index in [4.69, 9.17) is 10.5 Å². The molecule has 0 bridgehead atoms. The summed E-state index contributed by atoms with van der Waals surface area (Å²) in [6.07, 6.45) is 0.896. The molecule has 0 fully saturated rings. The van der Waals surface area contributed by atoms with Gasteiger partial charge in [-0.1, -0.05) is 24.3 Å². The molecule has 0 amide bonds. The maximum Gasteiger partial charge on any atom is 0.0620 e. The molecule has 0 aromatic heterocycles. The maximum absolute atomic E-state index is 5.94. The van der Waals surface area contributed by atoms with E-state index in [9.17, 15) is 0 Å². The average Bonchev–Trinajstić information content (AvgIpc) is 2.18. The van der Waals surface area contributed by atoms with Crippen LogP contribution in [-0.2, 0) is 11.2 Å². The summed E-state index contributed by atoms with van der Waals surface area (Å²) < 4.78 is 5.28. The molecule has 1 aromatic carbocycles. The first-order valence-electron chi connectivity index (χ1n) is 5.12. The number of aryl methyl sites for hydroxylation is 1. The van der Waals surface area contributed by atoms with E-state index in [0.29, 0.717) is 6.61 Å². The molecule has 2 N–H and O–H groups in total. The van der Waals surface area contributed by atoms with E-state index in [2.05, 4.69) is 25.1 Å². The molecule has 0 heterocycles. The molecule has 14 heavy (non-hydrogen) atoms. The Morgan fingerprint density at radius 1 is 1.36 bits per heavy atom. The number of nitrogens with two attached hydrogens (primary N) is 1. The fourth-order valence-electron chi connectivity index (χ4n) is 1.45. The van der Waals surface area contributed by atoms with Gasteiger partial charge in [-0.05, 0) is 31.4 Å². The van der Waals surface area contributed by atoms with Crippen LogP contribution in [0.15, 0.2) is 24.3 Å². The zero-order valence-electron chi connectivity index (χ0n) is 8.99. The smallest absolute Gasteiger partial charge is 0.0620 e. The number of ether oxygens (including phenoxy) is 1. The first-order chi connectivity index (χ1) is 6.74. The molecule has 0 radical (unpaired) electrons. The third-order valence-electron chi connectivity index (χ3n) is 2.28. The molecule has 0 aliphatic rings. The number of hydrogen-bond donors (Lipinski definition) is 1. The van der Waals surface area contributed by atoms with Crippen molar-refractivity contribution in [2.45, 2.75) is 26.3 Å². The lowest BCUT2D eigenvalue weighted by Gasteiger charge is -2.12. The van der Waals surface area contributed by atoms with Gasteiger partial charge in [-0.15, -0.1) is 0 Å². The van der Waals surface area contributed by atoms with E-state index in [1.54, 1.807) is 0 Å². The molecule has 2 heteroatoms. The second-order valence-corrected chi connectivity index (χ2v) is 3.55. The van der Waals surface area contributed by atoms with Gasteiger partial charge in [-0.2, -0.15) is 0 Å². The summed E-state index contributed by atoms with van der Waals surface area (Å²) >= 11 is 0. The highest BCUT2D eigenvalue weighted by atomic mass is 16.5. The molecule has 0 saturated heterocycles. The molecule has 1 rings (SSSR count). The molecule has 0 saturated carbocycles. The number of hydrogen-bond acceptors (Lipinski definition) is 2. The fourth-order valence-corrected chi connectivity index (χ4v) is 1.45. The van der Waals surface area contributed by atoms with Crippen LogP contribution in [0.1, 0.15) is 18.1 Å². The van der Waals surface area contributed by atoms with Crippen LogP contribution in [0.25, 0.3) is 0 Å². The van der Waals surface area contributed by atoms with Crippen LogP contribution in [0, 0.1) is 6.92 Å². The van der Waals surface area contributed by atoms with Gasteiger partial charge in [0.05, 0.1) is 6.61 Å². The first kappa shape index (κ1) is 11.2. The normalized spacial score (nSPS) is 12.8. The highest BCUT2D eigenvalue weighted by Crippen LogP contribution is 2.08. The van der Waals surface area contributed by atoms with Gasteiger partial charge in [-0.25, -0.2) is 0 Å². The summed E-state index contributed by atoms with van der Waals surface area (Å²) in [7, 11) is 0. The summed E-state index contributed by atoms with van der Waals surface area (Å²) in [6, 6.07) is 8.45. The van der Waals surface area contributed by atoms with E-state index in [0.717, 1.165) is 13.0 Å². The van der Waals surface area contributed by atoms with Gasteiger partial charge in [-0.3, -0.25) is 0 Å². The van der Waals surface area contributed by atoms with Crippen LogP contribution < -0.4 is 5.73 Å². The minimum Gasteiger partial charge on any atom is -0.380 e. The maximum atomic E-state index is 5.94. The van der Waals surface area contributed by atoms with Crippen molar-refractivity contribution in [1.29, 1.82) is 0 Å². The molecule has 0 aliphatic heterocycles. The van der Waals surface area contributed by atoms with Crippen molar-refractivity contribution in [3.63, 3.8) is 0 Å². The monoisotopic (exact) mass is 193 g/mol. The Kier molecular flexibility index (Phi) is 4.63. The van der Waals surface area contributed by atoms with Crippen molar-refractivity contribution in [2.75, 3.05) is 13.2 Å². The van der Waals surface area contributed by atoms with Crippen LogP contribution in [0.3, 0.4) is 0 Å². The number of benzene rings is 1. The molecule has 1 aromatic rings. The molecule has 0 aliphatic carbocycles. The van der Waals surface area contributed by atoms with Gasteiger partial charge in [0.2, 0.25) is 0 Å². The fraction of sp³-hybridized carbons (Fsp3) is 0.500. The van der Waals surface area contributed by atoms with Crippen molar-refractivity contribution in [1.82, 2.24) is 0 Å². The predicted molar refractivity (Wildman–Crippen MR) is 59.4 cm³/mol. The summed E-state index contributed by atoms with van der Waals surface area (Å²) in [5.74, 6) is 0. The van der Waals surface area contributed by atoms with E-state index in [-0.39, 0.29) is 6.04 Å². The van der Waals surface area contributed by atoms with E-state index in [1.807, 2.05) is 13.0 Å². The van der Waals surface area contributed by atoms with Crippen LogP contribution in [-0.4, -0.2) is 19.3 Å². The topological polar surface area (TPSA) is 35.2 Å². The van der Waals surface area contributed by atoms with Gasteiger partial charge in [0.15, 0.2) is 0 Å². The van der Waals surface area contributed by atoms with Crippen molar-refractivity contribution in [3.8, 4) is 0 Å². The van der Waals surface area contributed by atoms with Gasteiger partial charge in [0.1, 0.15) is 0 Å². The van der Waals surface area contributed by atoms with Crippen molar-refractivity contribution >= 4 is 0 Å². The Balaban J connectivity index is 2.47. The Morgan fingerprint density at radius 2 is 2.07 bits per heavy atom. The van der Waals surface area contributed by atoms with Crippen LogP contribution in [0.2, 0.25) is 0 Å². The quantitative estimate of drug-likeness (QED) is 0.775. The molecule has 0 spiro atoms. The lowest BCUT2D eigenvalue weighted by atomic mass is 10.0. The van der Waals surface area contributed by atoms with Crippen molar-refractivity contribution in [3.05, 3.63) is 35.4 Å². The third kappa shape index (κ3) is 3.48. The van der Waals surface area contributed by atoms with Crippen LogP contribution >= 0.6 is 0 Å². The first-order valence-corrected chi connectivity index (χ1v) is 5.12. The summed E-state index contributed by atoms with van der Waals surface area (Å²) in [5.41, 5.74) is 8.56. The Labute approximate surface area is 86.1 Å². The Bertz CT molecular complexity index is 273. The average molecular weight is 193 g/mol. The molecule has 78 valence electrons. The molecule has 2 nitrogen and oxygen atoms in total. The van der Waals surface area contributed by atoms with Crippen LogP contribution in [0.5, 0.6) is 0 Å². The molecular formula is C12H19NO. The van der Waals surface area contributed by atoms with Crippen molar-refractivity contribution < 1.29 is 4.74 Å². The highest BCUT2D eigenvalue weighted by Gasteiger charge is 2.05. The molecule has 1 unspecified atom stereocenters. The standard InChI is InChI=1S/C12H19NO/c1-3-14-9-12(13)8-11-7-5-4-6-10(11)2/h4-7,12H,3,8-9,13H2,1-2H3. The van der Waals surface area contributed by atoms with Gasteiger partial charge in [0.25, 0.3) is 0 Å². The zero-order chi connectivity index (χ0) is 10.4. The second-order valence-electron chi connectivity index (χ2n) is 3.55. The van der Waals surface area contributed by atoms with Crippen LogP contribution in [0.4, 0.5) is 0 Å². The highest BCUT2D eigenvalue weighted by molar-refractivity contribution is 5.26. The second kappa shape index (κ2) is 5.78.